The number of amides is 2. The maximum atomic E-state index is 13.5. The number of carbonyl (C=O) groups excluding carboxylic acids is 2. The quantitative estimate of drug-likeness (QED) is 0.438. The summed E-state index contributed by atoms with van der Waals surface area (Å²) >= 11 is 6.39. The Hall–Kier alpha value is -3.47. The van der Waals surface area contributed by atoms with Crippen LogP contribution >= 0.6 is 11.6 Å². The third-order valence-corrected chi connectivity index (χ3v) is 6.00. The number of halogens is 1. The predicted molar refractivity (Wildman–Crippen MR) is 131 cm³/mol. The maximum Gasteiger partial charge on any atom is 0.260 e. The zero-order valence-corrected chi connectivity index (χ0v) is 20.6. The number of anilines is 1. The molecule has 2 aromatic carbocycles. The molecule has 0 atom stereocenters. The average Bonchev–Trinajstić information content (AvgIpc) is 3.29. The number of nitrogens with zero attached hydrogens (tertiary/aromatic N) is 4. The molecule has 1 N–H and O–H groups in total. The first-order valence-corrected chi connectivity index (χ1v) is 11.9. The number of carbonyl (C=O) groups is 2. The molecule has 0 saturated carbocycles. The van der Waals surface area contributed by atoms with Crippen LogP contribution in [0.1, 0.15) is 27.7 Å². The summed E-state index contributed by atoms with van der Waals surface area (Å²) in [5.41, 5.74) is 1.73. The number of aliphatic hydroxyl groups excluding tert-OH is 1. The van der Waals surface area contributed by atoms with Crippen LogP contribution in [-0.2, 0) is 28.9 Å². The summed E-state index contributed by atoms with van der Waals surface area (Å²) in [5.74, 6) is 0.764. The van der Waals surface area contributed by atoms with Crippen molar-refractivity contribution in [3.05, 3.63) is 70.4 Å². The lowest BCUT2D eigenvalue weighted by atomic mass is 10.1. The third-order valence-electron chi connectivity index (χ3n) is 5.69. The van der Waals surface area contributed by atoms with E-state index in [0.717, 1.165) is 5.56 Å². The van der Waals surface area contributed by atoms with Crippen LogP contribution in [0.3, 0.4) is 0 Å². The van der Waals surface area contributed by atoms with Gasteiger partial charge in [0.1, 0.15) is 18.9 Å². The van der Waals surface area contributed by atoms with Gasteiger partial charge in [-0.2, -0.15) is 0 Å². The number of aromatic nitrogens is 2. The first kappa shape index (κ1) is 25.6. The fourth-order valence-electron chi connectivity index (χ4n) is 3.89. The fraction of sp³-hybridized carbons (Fsp3) is 0.360. The van der Waals surface area contributed by atoms with Crippen LogP contribution in [0.2, 0.25) is 5.02 Å². The highest BCUT2D eigenvalue weighted by atomic mass is 35.5. The molecule has 1 aliphatic rings. The molecule has 3 aromatic rings. The number of ether oxygens (including phenoxy) is 2. The Balaban J connectivity index is 1.51. The number of hydrogen-bond acceptors (Lipinski definition) is 8. The van der Waals surface area contributed by atoms with Gasteiger partial charge >= 0.3 is 0 Å². The van der Waals surface area contributed by atoms with Crippen LogP contribution in [0.4, 0.5) is 5.69 Å². The van der Waals surface area contributed by atoms with Crippen molar-refractivity contribution in [2.75, 3.05) is 44.9 Å². The summed E-state index contributed by atoms with van der Waals surface area (Å²) in [7, 11) is 1.60. The van der Waals surface area contributed by atoms with E-state index in [1.807, 2.05) is 24.3 Å². The molecule has 0 saturated heterocycles. The molecule has 0 aliphatic carbocycles. The molecule has 11 heteroatoms. The van der Waals surface area contributed by atoms with Crippen molar-refractivity contribution in [2.45, 2.75) is 19.4 Å². The second-order valence-electron chi connectivity index (χ2n) is 8.13. The SMILES string of the molecule is COCCc1nnc(CCN2Cc3ccccc3N(C(=O)c3ccc(OCCO)cc3Cl)CC2=O)o1. The number of aliphatic hydroxyl groups is 1. The molecule has 0 spiro atoms. The highest BCUT2D eigenvalue weighted by Crippen LogP contribution is 2.30. The number of fused-ring (bicyclic) bond motifs is 1. The molecular weight excluding hydrogens is 488 g/mol. The number of hydrogen-bond donors (Lipinski definition) is 1. The smallest absolute Gasteiger partial charge is 0.260 e. The largest absolute Gasteiger partial charge is 0.491 e. The van der Waals surface area contributed by atoms with Gasteiger partial charge in [0.25, 0.3) is 5.91 Å². The molecule has 0 fully saturated rings. The van der Waals surface area contributed by atoms with Gasteiger partial charge in [-0.3, -0.25) is 14.5 Å². The van der Waals surface area contributed by atoms with Crippen molar-refractivity contribution in [3.63, 3.8) is 0 Å². The zero-order valence-electron chi connectivity index (χ0n) is 19.9. The number of benzene rings is 2. The normalized spacial score (nSPS) is 13.5. The van der Waals surface area contributed by atoms with E-state index >= 15 is 0 Å². The Labute approximate surface area is 213 Å². The molecule has 2 amide bonds. The van der Waals surface area contributed by atoms with Gasteiger partial charge in [0.15, 0.2) is 0 Å². The van der Waals surface area contributed by atoms with Crippen molar-refractivity contribution >= 4 is 29.1 Å². The molecule has 0 unspecified atom stereocenters. The topological polar surface area (TPSA) is 118 Å². The number of para-hydroxylation sites is 1. The van der Waals surface area contributed by atoms with E-state index < -0.39 is 5.91 Å². The first-order valence-electron chi connectivity index (χ1n) is 11.5. The summed E-state index contributed by atoms with van der Waals surface area (Å²) < 4.78 is 16.0. The highest BCUT2D eigenvalue weighted by Gasteiger charge is 2.30. The van der Waals surface area contributed by atoms with E-state index in [0.29, 0.717) is 55.8 Å². The van der Waals surface area contributed by atoms with Gasteiger partial charge in [0.2, 0.25) is 17.7 Å². The van der Waals surface area contributed by atoms with Gasteiger partial charge in [0, 0.05) is 38.7 Å². The van der Waals surface area contributed by atoms with Crippen LogP contribution in [0.5, 0.6) is 5.75 Å². The Morgan fingerprint density at radius 3 is 2.64 bits per heavy atom. The van der Waals surface area contributed by atoms with E-state index in [9.17, 15) is 9.59 Å². The summed E-state index contributed by atoms with van der Waals surface area (Å²) in [5, 5.41) is 17.2. The van der Waals surface area contributed by atoms with E-state index in [2.05, 4.69) is 10.2 Å². The van der Waals surface area contributed by atoms with E-state index in [1.54, 1.807) is 24.1 Å². The monoisotopic (exact) mass is 514 g/mol. The van der Waals surface area contributed by atoms with Crippen molar-refractivity contribution < 1.29 is 28.6 Å². The molecule has 36 heavy (non-hydrogen) atoms. The Morgan fingerprint density at radius 1 is 1.11 bits per heavy atom. The van der Waals surface area contributed by atoms with Crippen LogP contribution in [-0.4, -0.2) is 72.0 Å². The molecule has 190 valence electrons. The van der Waals surface area contributed by atoms with Gasteiger partial charge in [-0.15, -0.1) is 10.2 Å². The summed E-state index contributed by atoms with van der Waals surface area (Å²) in [6.07, 6.45) is 0.913. The van der Waals surface area contributed by atoms with Crippen LogP contribution in [0, 0.1) is 0 Å². The first-order chi connectivity index (χ1) is 17.5. The molecule has 4 rings (SSSR count). The van der Waals surface area contributed by atoms with E-state index in [-0.39, 0.29) is 36.3 Å². The molecular formula is C25H27ClN4O6. The van der Waals surface area contributed by atoms with E-state index in [4.69, 9.17) is 30.6 Å². The van der Waals surface area contributed by atoms with Gasteiger partial charge in [-0.25, -0.2) is 0 Å². The maximum absolute atomic E-state index is 13.5. The average molecular weight is 515 g/mol. The second-order valence-corrected chi connectivity index (χ2v) is 8.54. The standard InChI is InChI=1S/C25H27ClN4O6/c1-34-12-9-23-28-27-22(36-23)8-10-29-15-17-4-2-3-5-21(17)30(16-24(29)32)25(33)19-7-6-18(14-20(19)26)35-13-11-31/h2-7,14,31H,8-13,15-16H2,1H3. The lowest BCUT2D eigenvalue weighted by Gasteiger charge is -2.23. The van der Waals surface area contributed by atoms with Crippen molar-refractivity contribution in [1.82, 2.24) is 15.1 Å². The van der Waals surface area contributed by atoms with Gasteiger partial charge in [0.05, 0.1) is 23.8 Å². The van der Waals surface area contributed by atoms with Crippen molar-refractivity contribution in [1.29, 1.82) is 0 Å². The minimum absolute atomic E-state index is 0.117. The fourth-order valence-corrected chi connectivity index (χ4v) is 4.14. The highest BCUT2D eigenvalue weighted by molar-refractivity contribution is 6.34. The lowest BCUT2D eigenvalue weighted by Crippen LogP contribution is -2.41. The Bertz CT molecular complexity index is 1220. The Kier molecular flexibility index (Phi) is 8.52. The minimum atomic E-state index is -0.393. The molecule has 10 nitrogen and oxygen atoms in total. The zero-order chi connectivity index (χ0) is 25.5. The summed E-state index contributed by atoms with van der Waals surface area (Å²) in [4.78, 5) is 29.9. The van der Waals surface area contributed by atoms with Gasteiger partial charge in [-0.1, -0.05) is 29.8 Å². The van der Waals surface area contributed by atoms with Crippen LogP contribution in [0.15, 0.2) is 46.9 Å². The summed E-state index contributed by atoms with van der Waals surface area (Å²) in [6.45, 7) is 1.02. The lowest BCUT2D eigenvalue weighted by molar-refractivity contribution is -0.130. The van der Waals surface area contributed by atoms with Crippen LogP contribution in [0.25, 0.3) is 0 Å². The molecule has 0 bridgehead atoms. The summed E-state index contributed by atoms with van der Waals surface area (Å²) in [6, 6.07) is 12.1. The van der Waals surface area contributed by atoms with Crippen LogP contribution < -0.4 is 9.64 Å². The molecule has 0 radical (unpaired) electrons. The van der Waals surface area contributed by atoms with Gasteiger partial charge in [-0.05, 0) is 29.8 Å². The van der Waals surface area contributed by atoms with E-state index in [1.165, 1.54) is 11.0 Å². The molecule has 1 aliphatic heterocycles. The second kappa shape index (κ2) is 12.0. The molecule has 1 aromatic heterocycles. The number of methoxy groups -OCH3 is 1. The molecule has 2 heterocycles. The van der Waals surface area contributed by atoms with Gasteiger partial charge < -0.3 is 23.9 Å². The van der Waals surface area contributed by atoms with Crippen molar-refractivity contribution in [3.8, 4) is 5.75 Å². The minimum Gasteiger partial charge on any atom is -0.491 e. The third kappa shape index (κ3) is 6.01. The Morgan fingerprint density at radius 2 is 1.89 bits per heavy atom. The number of rotatable bonds is 10. The van der Waals surface area contributed by atoms with Crippen molar-refractivity contribution in [2.24, 2.45) is 0 Å². The predicted octanol–water partition coefficient (Wildman–Crippen LogP) is 2.51.